The SMILES string of the molecule is CC/C=C/C/C=C/C/C=C/CCCCCC(=O)O.CC/C=C\C/C=C\C/C=C\CCCCCCCC(=O)O. The minimum absolute atomic E-state index is 0.303. The summed E-state index contributed by atoms with van der Waals surface area (Å²) in [5.41, 5.74) is 0. The molecule has 4 nitrogen and oxygen atoms in total. The van der Waals surface area contributed by atoms with Gasteiger partial charge in [-0.15, -0.1) is 0 Å². The Kier molecular flexibility index (Phi) is 34.0. The minimum atomic E-state index is -0.687. The number of carboxylic acid groups (broad SMARTS) is 2. The van der Waals surface area contributed by atoms with Crippen LogP contribution in [0.1, 0.15) is 129 Å². The maximum Gasteiger partial charge on any atom is 0.303 e. The van der Waals surface area contributed by atoms with E-state index in [1.807, 2.05) is 0 Å². The minimum Gasteiger partial charge on any atom is -0.481 e. The molecule has 0 bridgehead atoms. The first-order valence-electron chi connectivity index (χ1n) is 14.9. The molecule has 0 aromatic carbocycles. The lowest BCUT2D eigenvalue weighted by Gasteiger charge is -1.98. The fourth-order valence-corrected chi connectivity index (χ4v) is 3.44. The number of allylic oxidation sites excluding steroid dienone is 12. The highest BCUT2D eigenvalue weighted by Crippen LogP contribution is 2.08. The summed E-state index contributed by atoms with van der Waals surface area (Å²) in [7, 11) is 0. The molecule has 0 aliphatic rings. The summed E-state index contributed by atoms with van der Waals surface area (Å²) in [6.07, 6.45) is 43.9. The number of aliphatic carboxylic acids is 2. The Labute approximate surface area is 234 Å². The molecule has 0 aromatic heterocycles. The highest BCUT2D eigenvalue weighted by molar-refractivity contribution is 5.66. The average molecular weight is 529 g/mol. The standard InChI is InChI=1S/C18H30O2.C16H26O2/c1-2-3-4-5-6-7-8-9-10-11-12-13-14-15-16-17-18(19)20;1-2-3-4-5-6-7-8-9-10-11-12-13-14-15-16(17)18/h3-4,6-7,9-10H,2,5,8,11-17H2,1H3,(H,19,20);3-4,6-7,9-10H,2,5,8,11-15H2,1H3,(H,17,18)/b4-3-,7-6-,10-9-;4-3+,7-6+,10-9+. The Morgan fingerprint density at radius 2 is 0.711 bits per heavy atom. The fraction of sp³-hybridized carbons (Fsp3) is 0.588. The number of carboxylic acids is 2. The molecule has 0 fully saturated rings. The van der Waals surface area contributed by atoms with Gasteiger partial charge in [-0.05, 0) is 77.0 Å². The van der Waals surface area contributed by atoms with Gasteiger partial charge in [0.1, 0.15) is 0 Å². The quantitative estimate of drug-likeness (QED) is 0.0965. The second-order valence-corrected chi connectivity index (χ2v) is 9.28. The third kappa shape index (κ3) is 40.5. The summed E-state index contributed by atoms with van der Waals surface area (Å²) in [4.78, 5) is 20.6. The van der Waals surface area contributed by atoms with Gasteiger partial charge in [0.05, 0.1) is 0 Å². The van der Waals surface area contributed by atoms with Crippen molar-refractivity contribution in [1.29, 1.82) is 0 Å². The predicted octanol–water partition coefficient (Wildman–Crippen LogP) is 10.5. The first-order chi connectivity index (χ1) is 18.5. The van der Waals surface area contributed by atoms with Gasteiger partial charge in [-0.2, -0.15) is 0 Å². The van der Waals surface area contributed by atoms with Gasteiger partial charge >= 0.3 is 11.9 Å². The lowest BCUT2D eigenvalue weighted by Crippen LogP contribution is -1.93. The summed E-state index contributed by atoms with van der Waals surface area (Å²) >= 11 is 0. The molecule has 4 heteroatoms. The Hall–Kier alpha value is -2.62. The van der Waals surface area contributed by atoms with Crippen molar-refractivity contribution in [3.63, 3.8) is 0 Å². The third-order valence-corrected chi connectivity index (χ3v) is 5.58. The Bertz CT molecular complexity index is 695. The second kappa shape index (κ2) is 34.4. The van der Waals surface area contributed by atoms with E-state index in [1.54, 1.807) is 0 Å². The van der Waals surface area contributed by atoms with Gasteiger partial charge < -0.3 is 10.2 Å². The van der Waals surface area contributed by atoms with Gasteiger partial charge in [-0.25, -0.2) is 0 Å². The van der Waals surface area contributed by atoms with Crippen LogP contribution in [0.4, 0.5) is 0 Å². The highest BCUT2D eigenvalue weighted by Gasteiger charge is 1.96. The van der Waals surface area contributed by atoms with E-state index in [4.69, 9.17) is 10.2 Å². The average Bonchev–Trinajstić information content (AvgIpc) is 2.89. The molecule has 0 amide bonds. The van der Waals surface area contributed by atoms with E-state index in [-0.39, 0.29) is 0 Å². The molecule has 0 radical (unpaired) electrons. The van der Waals surface area contributed by atoms with Crippen molar-refractivity contribution < 1.29 is 19.8 Å². The number of hydrogen-bond acceptors (Lipinski definition) is 2. The van der Waals surface area contributed by atoms with Crippen molar-refractivity contribution in [3.05, 3.63) is 72.9 Å². The monoisotopic (exact) mass is 528 g/mol. The number of carbonyl (C=O) groups is 2. The predicted molar refractivity (Wildman–Crippen MR) is 165 cm³/mol. The lowest BCUT2D eigenvalue weighted by molar-refractivity contribution is -0.138. The van der Waals surface area contributed by atoms with Crippen LogP contribution in [0, 0.1) is 0 Å². The Morgan fingerprint density at radius 1 is 0.421 bits per heavy atom. The molecule has 0 aliphatic carbocycles. The van der Waals surface area contributed by atoms with Crippen molar-refractivity contribution in [2.24, 2.45) is 0 Å². The molecule has 0 heterocycles. The van der Waals surface area contributed by atoms with Gasteiger partial charge in [0, 0.05) is 12.8 Å². The maximum atomic E-state index is 10.3. The zero-order valence-electron chi connectivity index (χ0n) is 24.4. The maximum absolute atomic E-state index is 10.3. The van der Waals surface area contributed by atoms with E-state index in [9.17, 15) is 9.59 Å². The smallest absolute Gasteiger partial charge is 0.303 e. The normalized spacial score (nSPS) is 12.1. The molecule has 2 N–H and O–H groups in total. The van der Waals surface area contributed by atoms with Crippen molar-refractivity contribution in [2.75, 3.05) is 0 Å². The summed E-state index contributed by atoms with van der Waals surface area (Å²) in [5, 5.41) is 17.0. The van der Waals surface area contributed by atoms with E-state index in [0.29, 0.717) is 12.8 Å². The molecule has 0 spiro atoms. The van der Waals surface area contributed by atoms with E-state index in [2.05, 4.69) is 86.8 Å². The zero-order chi connectivity index (χ0) is 28.4. The van der Waals surface area contributed by atoms with Crippen molar-refractivity contribution in [2.45, 2.75) is 129 Å². The summed E-state index contributed by atoms with van der Waals surface area (Å²) < 4.78 is 0. The van der Waals surface area contributed by atoms with Crippen LogP contribution in [0.3, 0.4) is 0 Å². The molecule has 0 saturated carbocycles. The first kappa shape index (κ1) is 37.5. The van der Waals surface area contributed by atoms with Gasteiger partial charge in [0.2, 0.25) is 0 Å². The molecule has 0 aromatic rings. The molecule has 216 valence electrons. The number of rotatable bonds is 24. The lowest BCUT2D eigenvalue weighted by atomic mass is 10.1. The van der Waals surface area contributed by atoms with E-state index in [0.717, 1.165) is 89.9 Å². The van der Waals surface area contributed by atoms with Gasteiger partial charge in [-0.3, -0.25) is 9.59 Å². The molecule has 0 saturated heterocycles. The van der Waals surface area contributed by atoms with Crippen LogP contribution in [-0.4, -0.2) is 22.2 Å². The second-order valence-electron chi connectivity index (χ2n) is 9.28. The van der Waals surface area contributed by atoms with Gasteiger partial charge in [0.25, 0.3) is 0 Å². The van der Waals surface area contributed by atoms with Crippen LogP contribution in [0.25, 0.3) is 0 Å². The molecular weight excluding hydrogens is 472 g/mol. The summed E-state index contributed by atoms with van der Waals surface area (Å²) in [6.45, 7) is 4.29. The summed E-state index contributed by atoms with van der Waals surface area (Å²) in [6, 6.07) is 0. The van der Waals surface area contributed by atoms with Crippen molar-refractivity contribution in [3.8, 4) is 0 Å². The molecular formula is C34H56O4. The molecule has 0 unspecified atom stereocenters. The van der Waals surface area contributed by atoms with Crippen LogP contribution in [0.15, 0.2) is 72.9 Å². The van der Waals surface area contributed by atoms with E-state index >= 15 is 0 Å². The van der Waals surface area contributed by atoms with Crippen LogP contribution < -0.4 is 0 Å². The van der Waals surface area contributed by atoms with Gasteiger partial charge in [0.15, 0.2) is 0 Å². The largest absolute Gasteiger partial charge is 0.481 e. The van der Waals surface area contributed by atoms with Crippen LogP contribution in [0.2, 0.25) is 0 Å². The third-order valence-electron chi connectivity index (χ3n) is 5.58. The van der Waals surface area contributed by atoms with Crippen molar-refractivity contribution in [1.82, 2.24) is 0 Å². The van der Waals surface area contributed by atoms with Gasteiger partial charge in [-0.1, -0.05) is 112 Å². The van der Waals surface area contributed by atoms with Crippen molar-refractivity contribution >= 4 is 11.9 Å². The molecule has 0 rings (SSSR count). The topological polar surface area (TPSA) is 74.6 Å². The zero-order valence-corrected chi connectivity index (χ0v) is 24.4. The van der Waals surface area contributed by atoms with E-state index < -0.39 is 11.9 Å². The fourth-order valence-electron chi connectivity index (χ4n) is 3.44. The number of hydrogen-bond donors (Lipinski definition) is 2. The molecule has 38 heavy (non-hydrogen) atoms. The number of unbranched alkanes of at least 4 members (excludes halogenated alkanes) is 8. The van der Waals surface area contributed by atoms with Crippen LogP contribution >= 0.6 is 0 Å². The van der Waals surface area contributed by atoms with Crippen LogP contribution in [-0.2, 0) is 9.59 Å². The Morgan fingerprint density at radius 3 is 1.08 bits per heavy atom. The van der Waals surface area contributed by atoms with E-state index in [1.165, 1.54) is 12.8 Å². The molecule has 0 atom stereocenters. The Balaban J connectivity index is 0. The van der Waals surface area contributed by atoms with Crippen LogP contribution in [0.5, 0.6) is 0 Å². The molecule has 0 aliphatic heterocycles. The first-order valence-corrected chi connectivity index (χ1v) is 14.9. The highest BCUT2D eigenvalue weighted by atomic mass is 16.4. The summed E-state index contributed by atoms with van der Waals surface area (Å²) in [5.74, 6) is -1.36.